The maximum atomic E-state index is 12.5. The Balaban J connectivity index is 1.75. The Morgan fingerprint density at radius 2 is 1.76 bits per heavy atom. The minimum atomic E-state index is -0.624. The molecule has 1 saturated carbocycles. The van der Waals surface area contributed by atoms with E-state index in [1.54, 1.807) is 0 Å². The van der Waals surface area contributed by atoms with Gasteiger partial charge in [0.05, 0.1) is 12.1 Å². The molecule has 0 atom stereocenters. The Hall–Kier alpha value is -1.14. The molecular weight excluding hydrogens is 268 g/mol. The van der Waals surface area contributed by atoms with E-state index in [0.29, 0.717) is 19.6 Å². The number of hydrogen-bond donors (Lipinski definition) is 2. The molecule has 0 radical (unpaired) electrons. The molecule has 0 aromatic carbocycles. The van der Waals surface area contributed by atoms with E-state index in [0.717, 1.165) is 51.7 Å². The van der Waals surface area contributed by atoms with Crippen molar-refractivity contribution in [2.24, 2.45) is 5.73 Å². The molecule has 1 heterocycles. The molecule has 3 N–H and O–H groups in total. The third kappa shape index (κ3) is 4.17. The number of rotatable bonds is 5. The largest absolute Gasteiger partial charge is 0.355 e. The monoisotopic (exact) mass is 296 g/mol. The van der Waals surface area contributed by atoms with Crippen LogP contribution in [0.1, 0.15) is 39.0 Å². The molecule has 2 amide bonds. The summed E-state index contributed by atoms with van der Waals surface area (Å²) in [6.45, 7) is 6.06. The smallest absolute Gasteiger partial charge is 0.242 e. The first-order valence-corrected chi connectivity index (χ1v) is 8.12. The zero-order chi connectivity index (χ0) is 15.3. The SMILES string of the molecule is CCCNC(=O)CN1CCN(C(=O)C2(N)CCCC2)CC1. The Bertz CT molecular complexity index is 372. The normalized spacial score (nSPS) is 22.3. The van der Waals surface area contributed by atoms with E-state index in [2.05, 4.69) is 10.2 Å². The number of nitrogens with one attached hydrogen (secondary N) is 1. The van der Waals surface area contributed by atoms with E-state index in [-0.39, 0.29) is 11.8 Å². The van der Waals surface area contributed by atoms with Crippen LogP contribution in [0.4, 0.5) is 0 Å². The molecule has 0 aromatic heterocycles. The van der Waals surface area contributed by atoms with Crippen molar-refractivity contribution < 1.29 is 9.59 Å². The van der Waals surface area contributed by atoms with Crippen molar-refractivity contribution in [3.63, 3.8) is 0 Å². The zero-order valence-corrected chi connectivity index (χ0v) is 13.1. The quantitative estimate of drug-likeness (QED) is 0.744. The van der Waals surface area contributed by atoms with Gasteiger partial charge in [0.25, 0.3) is 0 Å². The average Bonchev–Trinajstić information content (AvgIpc) is 2.93. The van der Waals surface area contributed by atoms with Crippen molar-refractivity contribution in [1.82, 2.24) is 15.1 Å². The van der Waals surface area contributed by atoms with Crippen LogP contribution in [-0.2, 0) is 9.59 Å². The first-order chi connectivity index (χ1) is 10.0. The summed E-state index contributed by atoms with van der Waals surface area (Å²) in [6.07, 6.45) is 4.68. The summed E-state index contributed by atoms with van der Waals surface area (Å²) in [7, 11) is 0. The average molecular weight is 296 g/mol. The maximum Gasteiger partial charge on any atom is 0.242 e. The van der Waals surface area contributed by atoms with Crippen LogP contribution < -0.4 is 11.1 Å². The first kappa shape index (κ1) is 16.2. The molecular formula is C15H28N4O2. The fourth-order valence-corrected chi connectivity index (χ4v) is 3.17. The molecule has 2 fully saturated rings. The van der Waals surface area contributed by atoms with Crippen molar-refractivity contribution in [2.75, 3.05) is 39.3 Å². The lowest BCUT2D eigenvalue weighted by atomic mass is 9.97. The number of nitrogens with zero attached hydrogens (tertiary/aromatic N) is 2. The summed E-state index contributed by atoms with van der Waals surface area (Å²) in [5.41, 5.74) is 5.61. The van der Waals surface area contributed by atoms with E-state index in [1.807, 2.05) is 11.8 Å². The molecule has 6 heteroatoms. The van der Waals surface area contributed by atoms with Crippen LogP contribution in [0.25, 0.3) is 0 Å². The topological polar surface area (TPSA) is 78.7 Å². The standard InChI is InChI=1S/C15H28N4O2/c1-2-7-17-13(20)12-18-8-10-19(11-9-18)14(21)15(16)5-3-4-6-15/h2-12,16H2,1H3,(H,17,20). The van der Waals surface area contributed by atoms with Crippen molar-refractivity contribution in [2.45, 2.75) is 44.6 Å². The lowest BCUT2D eigenvalue weighted by Crippen LogP contribution is -2.59. The van der Waals surface area contributed by atoms with Gasteiger partial charge in [0.1, 0.15) is 0 Å². The highest BCUT2D eigenvalue weighted by Gasteiger charge is 2.40. The van der Waals surface area contributed by atoms with E-state index >= 15 is 0 Å². The Morgan fingerprint density at radius 1 is 1.14 bits per heavy atom. The van der Waals surface area contributed by atoms with Gasteiger partial charge in [-0.05, 0) is 19.3 Å². The van der Waals surface area contributed by atoms with Gasteiger partial charge in [-0.3, -0.25) is 14.5 Å². The molecule has 2 aliphatic rings. The van der Waals surface area contributed by atoms with Crippen LogP contribution in [0.15, 0.2) is 0 Å². The van der Waals surface area contributed by atoms with Crippen molar-refractivity contribution in [1.29, 1.82) is 0 Å². The molecule has 1 aliphatic heterocycles. The summed E-state index contributed by atoms with van der Waals surface area (Å²) in [4.78, 5) is 28.2. The van der Waals surface area contributed by atoms with Crippen LogP contribution in [-0.4, -0.2) is 66.4 Å². The lowest BCUT2D eigenvalue weighted by molar-refractivity contribution is -0.138. The maximum absolute atomic E-state index is 12.5. The van der Waals surface area contributed by atoms with Crippen LogP contribution in [0.5, 0.6) is 0 Å². The predicted molar refractivity (Wildman–Crippen MR) is 81.7 cm³/mol. The highest BCUT2D eigenvalue weighted by atomic mass is 16.2. The second-order valence-electron chi connectivity index (χ2n) is 6.28. The molecule has 0 bridgehead atoms. The second kappa shape index (κ2) is 7.22. The Kier molecular flexibility index (Phi) is 5.58. The second-order valence-corrected chi connectivity index (χ2v) is 6.28. The fourth-order valence-electron chi connectivity index (χ4n) is 3.17. The van der Waals surface area contributed by atoms with Gasteiger partial charge >= 0.3 is 0 Å². The molecule has 2 rings (SSSR count). The minimum absolute atomic E-state index is 0.0720. The molecule has 21 heavy (non-hydrogen) atoms. The van der Waals surface area contributed by atoms with Gasteiger partial charge in [-0.15, -0.1) is 0 Å². The number of nitrogens with two attached hydrogens (primary N) is 1. The van der Waals surface area contributed by atoms with E-state index < -0.39 is 5.54 Å². The zero-order valence-electron chi connectivity index (χ0n) is 13.1. The van der Waals surface area contributed by atoms with Gasteiger partial charge in [-0.2, -0.15) is 0 Å². The third-order valence-electron chi connectivity index (χ3n) is 4.52. The van der Waals surface area contributed by atoms with Gasteiger partial charge in [0.2, 0.25) is 11.8 Å². The van der Waals surface area contributed by atoms with Crippen molar-refractivity contribution in [3.05, 3.63) is 0 Å². The molecule has 1 saturated heterocycles. The van der Waals surface area contributed by atoms with Crippen LogP contribution >= 0.6 is 0 Å². The Morgan fingerprint density at radius 3 is 2.33 bits per heavy atom. The summed E-state index contributed by atoms with van der Waals surface area (Å²) in [6, 6.07) is 0. The first-order valence-electron chi connectivity index (χ1n) is 8.12. The molecule has 120 valence electrons. The van der Waals surface area contributed by atoms with E-state index in [1.165, 1.54) is 0 Å². The van der Waals surface area contributed by atoms with E-state index in [4.69, 9.17) is 5.73 Å². The Labute approximate surface area is 127 Å². The number of hydrogen-bond acceptors (Lipinski definition) is 4. The number of piperazine rings is 1. The predicted octanol–water partition coefficient (Wildman–Crippen LogP) is -0.0717. The minimum Gasteiger partial charge on any atom is -0.355 e. The number of amides is 2. The summed E-state index contributed by atoms with van der Waals surface area (Å²) in [5.74, 6) is 0.179. The number of carbonyl (C=O) groups is 2. The summed E-state index contributed by atoms with van der Waals surface area (Å²) >= 11 is 0. The van der Waals surface area contributed by atoms with Crippen molar-refractivity contribution >= 4 is 11.8 Å². The number of carbonyl (C=O) groups excluding carboxylic acids is 2. The third-order valence-corrected chi connectivity index (χ3v) is 4.52. The summed E-state index contributed by atoms with van der Waals surface area (Å²) < 4.78 is 0. The van der Waals surface area contributed by atoms with Crippen LogP contribution in [0.3, 0.4) is 0 Å². The molecule has 0 spiro atoms. The highest BCUT2D eigenvalue weighted by Crippen LogP contribution is 2.29. The van der Waals surface area contributed by atoms with Crippen molar-refractivity contribution in [3.8, 4) is 0 Å². The van der Waals surface area contributed by atoms with Crippen LogP contribution in [0.2, 0.25) is 0 Å². The molecule has 6 nitrogen and oxygen atoms in total. The van der Waals surface area contributed by atoms with Gasteiger partial charge in [-0.25, -0.2) is 0 Å². The van der Waals surface area contributed by atoms with Gasteiger partial charge < -0.3 is 16.0 Å². The fraction of sp³-hybridized carbons (Fsp3) is 0.867. The lowest BCUT2D eigenvalue weighted by Gasteiger charge is -2.38. The highest BCUT2D eigenvalue weighted by molar-refractivity contribution is 5.86. The molecule has 1 aliphatic carbocycles. The van der Waals surface area contributed by atoms with Gasteiger partial charge in [0, 0.05) is 32.7 Å². The van der Waals surface area contributed by atoms with E-state index in [9.17, 15) is 9.59 Å². The van der Waals surface area contributed by atoms with Gasteiger partial charge in [-0.1, -0.05) is 19.8 Å². The van der Waals surface area contributed by atoms with Crippen LogP contribution in [0, 0.1) is 0 Å². The summed E-state index contributed by atoms with van der Waals surface area (Å²) in [5, 5.41) is 2.88. The van der Waals surface area contributed by atoms with Gasteiger partial charge in [0.15, 0.2) is 0 Å². The molecule has 0 aromatic rings. The molecule has 0 unspecified atom stereocenters.